The van der Waals surface area contributed by atoms with Crippen molar-refractivity contribution in [3.63, 3.8) is 0 Å². The molecule has 0 N–H and O–H groups in total. The second-order valence-electron chi connectivity index (χ2n) is 3.70. The Balaban J connectivity index is 2.17. The number of hydrogen-bond acceptors (Lipinski definition) is 3. The summed E-state index contributed by atoms with van der Waals surface area (Å²) in [5.41, 5.74) is 1.88. The van der Waals surface area contributed by atoms with E-state index < -0.39 is 0 Å². The standard InChI is InChI=1S/C13H11BrN2O/c14-12-1-2-13(16-8-12)11(9-17)7-10-3-5-15-6-4-10/h1-6,8-9,11H,7H2. The Bertz CT molecular complexity index is 485. The summed E-state index contributed by atoms with van der Waals surface area (Å²) in [5, 5.41) is 0. The molecule has 3 nitrogen and oxygen atoms in total. The highest BCUT2D eigenvalue weighted by molar-refractivity contribution is 9.10. The molecule has 4 heteroatoms. The predicted octanol–water partition coefficient (Wildman–Crippen LogP) is 2.76. The van der Waals surface area contributed by atoms with E-state index in [1.807, 2.05) is 24.3 Å². The number of hydrogen-bond donors (Lipinski definition) is 0. The fourth-order valence-corrected chi connectivity index (χ4v) is 1.84. The van der Waals surface area contributed by atoms with Crippen molar-refractivity contribution in [2.75, 3.05) is 0 Å². The Hall–Kier alpha value is -1.55. The van der Waals surface area contributed by atoms with E-state index >= 15 is 0 Å². The van der Waals surface area contributed by atoms with Gasteiger partial charge >= 0.3 is 0 Å². The largest absolute Gasteiger partial charge is 0.303 e. The van der Waals surface area contributed by atoms with Gasteiger partial charge in [0.25, 0.3) is 0 Å². The van der Waals surface area contributed by atoms with Crippen molar-refractivity contribution in [1.82, 2.24) is 9.97 Å². The van der Waals surface area contributed by atoms with E-state index in [1.54, 1.807) is 18.6 Å². The zero-order chi connectivity index (χ0) is 12.1. The molecule has 1 atom stereocenters. The first kappa shape index (κ1) is 11.9. The van der Waals surface area contributed by atoms with Gasteiger partial charge in [0.05, 0.1) is 11.6 Å². The zero-order valence-electron chi connectivity index (χ0n) is 9.08. The van der Waals surface area contributed by atoms with Crippen molar-refractivity contribution in [2.24, 2.45) is 0 Å². The molecule has 0 radical (unpaired) electrons. The highest BCUT2D eigenvalue weighted by Crippen LogP contribution is 2.18. The second kappa shape index (κ2) is 5.68. The number of carbonyl (C=O) groups excluding carboxylic acids is 1. The van der Waals surface area contributed by atoms with Gasteiger partial charge < -0.3 is 4.79 Å². The lowest BCUT2D eigenvalue weighted by atomic mass is 9.98. The Morgan fingerprint density at radius 1 is 1.24 bits per heavy atom. The number of aromatic nitrogens is 2. The summed E-state index contributed by atoms with van der Waals surface area (Å²) in [4.78, 5) is 19.3. The van der Waals surface area contributed by atoms with E-state index in [1.165, 1.54) is 0 Å². The van der Waals surface area contributed by atoms with Crippen LogP contribution in [0.4, 0.5) is 0 Å². The molecule has 0 saturated carbocycles. The molecule has 1 unspecified atom stereocenters. The third-order valence-electron chi connectivity index (χ3n) is 2.50. The van der Waals surface area contributed by atoms with Crippen molar-refractivity contribution in [2.45, 2.75) is 12.3 Å². The first-order chi connectivity index (χ1) is 8.29. The molecule has 86 valence electrons. The second-order valence-corrected chi connectivity index (χ2v) is 4.62. The minimum absolute atomic E-state index is 0.203. The van der Waals surface area contributed by atoms with Crippen molar-refractivity contribution in [3.05, 3.63) is 58.6 Å². The summed E-state index contributed by atoms with van der Waals surface area (Å²) in [6, 6.07) is 7.58. The Labute approximate surface area is 108 Å². The van der Waals surface area contributed by atoms with Gasteiger partial charge in [-0.3, -0.25) is 9.97 Å². The number of nitrogens with zero attached hydrogens (tertiary/aromatic N) is 2. The molecule has 0 aliphatic rings. The molecule has 0 bridgehead atoms. The minimum Gasteiger partial charge on any atom is -0.303 e. The van der Waals surface area contributed by atoms with E-state index in [9.17, 15) is 4.79 Å². The minimum atomic E-state index is -0.203. The Morgan fingerprint density at radius 2 is 2.00 bits per heavy atom. The molecule has 0 aromatic carbocycles. The van der Waals surface area contributed by atoms with Crippen LogP contribution in [0.25, 0.3) is 0 Å². The van der Waals surface area contributed by atoms with Crippen LogP contribution in [-0.2, 0) is 11.2 Å². The first-order valence-electron chi connectivity index (χ1n) is 5.25. The number of carbonyl (C=O) groups is 1. The molecule has 2 aromatic rings. The van der Waals surface area contributed by atoms with E-state index in [2.05, 4.69) is 25.9 Å². The summed E-state index contributed by atoms with van der Waals surface area (Å²) in [5.74, 6) is -0.203. The van der Waals surface area contributed by atoms with Gasteiger partial charge in [-0.15, -0.1) is 0 Å². The lowest BCUT2D eigenvalue weighted by Crippen LogP contribution is -2.06. The molecule has 0 spiro atoms. The zero-order valence-corrected chi connectivity index (χ0v) is 10.7. The third kappa shape index (κ3) is 3.20. The highest BCUT2D eigenvalue weighted by atomic mass is 79.9. The van der Waals surface area contributed by atoms with Crippen LogP contribution in [0.1, 0.15) is 17.2 Å². The van der Waals surface area contributed by atoms with Crippen LogP contribution in [-0.4, -0.2) is 16.3 Å². The number of halogens is 1. The van der Waals surface area contributed by atoms with Gasteiger partial charge in [0.15, 0.2) is 0 Å². The van der Waals surface area contributed by atoms with Gasteiger partial charge in [0.1, 0.15) is 6.29 Å². The van der Waals surface area contributed by atoms with Gasteiger partial charge in [-0.2, -0.15) is 0 Å². The van der Waals surface area contributed by atoms with Crippen molar-refractivity contribution in [3.8, 4) is 0 Å². The number of aldehydes is 1. The number of pyridine rings is 2. The molecule has 2 rings (SSSR count). The van der Waals surface area contributed by atoms with Gasteiger partial charge in [-0.1, -0.05) is 0 Å². The van der Waals surface area contributed by atoms with Crippen LogP contribution in [0.15, 0.2) is 47.3 Å². The highest BCUT2D eigenvalue weighted by Gasteiger charge is 2.12. The smallest absolute Gasteiger partial charge is 0.129 e. The lowest BCUT2D eigenvalue weighted by molar-refractivity contribution is -0.109. The maximum Gasteiger partial charge on any atom is 0.129 e. The first-order valence-corrected chi connectivity index (χ1v) is 6.04. The lowest BCUT2D eigenvalue weighted by Gasteiger charge is -2.09. The Morgan fingerprint density at radius 3 is 2.59 bits per heavy atom. The monoisotopic (exact) mass is 290 g/mol. The van der Waals surface area contributed by atoms with Gasteiger partial charge in [0, 0.05) is 23.1 Å². The summed E-state index contributed by atoms with van der Waals surface area (Å²) in [6.45, 7) is 0. The summed E-state index contributed by atoms with van der Waals surface area (Å²) in [7, 11) is 0. The van der Waals surface area contributed by atoms with Crippen molar-refractivity contribution < 1.29 is 4.79 Å². The molecule has 0 aliphatic heterocycles. The molecule has 2 aromatic heterocycles. The topological polar surface area (TPSA) is 42.9 Å². The van der Waals surface area contributed by atoms with Crippen LogP contribution >= 0.6 is 15.9 Å². The quantitative estimate of drug-likeness (QED) is 0.813. The molecule has 0 saturated heterocycles. The van der Waals surface area contributed by atoms with Crippen LogP contribution in [0.2, 0.25) is 0 Å². The fourth-order valence-electron chi connectivity index (χ4n) is 1.60. The maximum atomic E-state index is 11.1. The van der Waals surface area contributed by atoms with Crippen LogP contribution in [0.5, 0.6) is 0 Å². The van der Waals surface area contributed by atoms with E-state index in [0.717, 1.165) is 22.0 Å². The molecular weight excluding hydrogens is 280 g/mol. The van der Waals surface area contributed by atoms with E-state index in [-0.39, 0.29) is 5.92 Å². The maximum absolute atomic E-state index is 11.1. The summed E-state index contributed by atoms with van der Waals surface area (Å²) < 4.78 is 0.912. The van der Waals surface area contributed by atoms with Gasteiger partial charge in [-0.05, 0) is 52.2 Å². The molecule has 2 heterocycles. The third-order valence-corrected chi connectivity index (χ3v) is 2.97. The average Bonchev–Trinajstić information content (AvgIpc) is 2.38. The summed E-state index contributed by atoms with van der Waals surface area (Å²) in [6.07, 6.45) is 6.76. The van der Waals surface area contributed by atoms with Crippen LogP contribution < -0.4 is 0 Å². The van der Waals surface area contributed by atoms with Gasteiger partial charge in [0.2, 0.25) is 0 Å². The molecule has 0 amide bonds. The summed E-state index contributed by atoms with van der Waals surface area (Å²) >= 11 is 3.32. The molecule has 0 aliphatic carbocycles. The van der Waals surface area contributed by atoms with Crippen molar-refractivity contribution >= 4 is 22.2 Å². The van der Waals surface area contributed by atoms with Crippen LogP contribution in [0.3, 0.4) is 0 Å². The predicted molar refractivity (Wildman–Crippen MR) is 68.7 cm³/mol. The van der Waals surface area contributed by atoms with Crippen LogP contribution in [0, 0.1) is 0 Å². The van der Waals surface area contributed by atoms with E-state index in [4.69, 9.17) is 0 Å². The average molecular weight is 291 g/mol. The SMILES string of the molecule is O=CC(Cc1ccncc1)c1ccc(Br)cn1. The van der Waals surface area contributed by atoms with E-state index in [0.29, 0.717) is 6.42 Å². The molecule has 17 heavy (non-hydrogen) atoms. The Kier molecular flexibility index (Phi) is 3.98. The fraction of sp³-hybridized carbons (Fsp3) is 0.154. The van der Waals surface area contributed by atoms with Crippen molar-refractivity contribution in [1.29, 1.82) is 0 Å². The normalized spacial score (nSPS) is 12.1. The number of rotatable bonds is 4. The molecular formula is C13H11BrN2O. The molecule has 0 fully saturated rings. The van der Waals surface area contributed by atoms with Gasteiger partial charge in [-0.25, -0.2) is 0 Å².